The topological polar surface area (TPSA) is 64.0 Å². The molecule has 1 aromatic carbocycles. The minimum Gasteiger partial charge on any atom is -0.314 e. The Morgan fingerprint density at radius 1 is 1.17 bits per heavy atom. The van der Waals surface area contributed by atoms with Crippen LogP contribution in [0.3, 0.4) is 0 Å². The maximum atomic E-state index is 13.0. The first-order valence-electron chi connectivity index (χ1n) is 8.15. The van der Waals surface area contributed by atoms with Crippen LogP contribution < -0.4 is 5.32 Å². The number of aromatic nitrogens is 2. The van der Waals surface area contributed by atoms with E-state index in [9.17, 15) is 8.42 Å². The van der Waals surface area contributed by atoms with Crippen molar-refractivity contribution in [2.45, 2.75) is 30.2 Å². The molecule has 0 amide bonds. The van der Waals surface area contributed by atoms with E-state index in [1.54, 1.807) is 42.7 Å². The smallest absolute Gasteiger partial charge is 0.268 e. The Morgan fingerprint density at radius 2 is 2.00 bits per heavy atom. The first-order chi connectivity index (χ1) is 11.7. The van der Waals surface area contributed by atoms with E-state index in [0.717, 1.165) is 30.5 Å². The van der Waals surface area contributed by atoms with Crippen LogP contribution in [0.4, 0.5) is 0 Å². The standard InChI is InChI=1S/C18H19N3O2S/c22-24(23,16-7-2-1-3-8-16)21-13-14(12-15-6-4-10-19-15)18-17(21)9-5-11-20-18/h1-3,5,7-9,11,13,15,19H,4,6,10,12H2/t15-/m1/s1. The van der Waals surface area contributed by atoms with E-state index < -0.39 is 10.0 Å². The second-order valence-corrected chi connectivity index (χ2v) is 7.95. The minimum absolute atomic E-state index is 0.288. The zero-order chi connectivity index (χ0) is 16.6. The molecule has 1 N–H and O–H groups in total. The lowest BCUT2D eigenvalue weighted by Gasteiger charge is -2.08. The summed E-state index contributed by atoms with van der Waals surface area (Å²) in [6, 6.07) is 12.5. The van der Waals surface area contributed by atoms with Gasteiger partial charge in [0.1, 0.15) is 0 Å². The molecule has 0 spiro atoms. The first-order valence-corrected chi connectivity index (χ1v) is 9.59. The molecule has 0 radical (unpaired) electrons. The summed E-state index contributed by atoms with van der Waals surface area (Å²) >= 11 is 0. The molecule has 0 unspecified atom stereocenters. The van der Waals surface area contributed by atoms with Gasteiger partial charge in [0.25, 0.3) is 10.0 Å². The minimum atomic E-state index is -3.62. The third-order valence-electron chi connectivity index (χ3n) is 4.53. The second-order valence-electron chi connectivity index (χ2n) is 6.14. The van der Waals surface area contributed by atoms with Crippen LogP contribution in [-0.4, -0.2) is 30.0 Å². The van der Waals surface area contributed by atoms with Crippen LogP contribution in [0.2, 0.25) is 0 Å². The summed E-state index contributed by atoms with van der Waals surface area (Å²) in [4.78, 5) is 4.73. The number of hydrogen-bond acceptors (Lipinski definition) is 4. The molecule has 6 heteroatoms. The molecule has 4 rings (SSSR count). The summed E-state index contributed by atoms with van der Waals surface area (Å²) in [7, 11) is -3.62. The maximum absolute atomic E-state index is 13.0. The average Bonchev–Trinajstić information content (AvgIpc) is 3.25. The number of nitrogens with one attached hydrogen (secondary N) is 1. The zero-order valence-corrected chi connectivity index (χ0v) is 14.0. The third-order valence-corrected chi connectivity index (χ3v) is 6.22. The highest BCUT2D eigenvalue weighted by atomic mass is 32.2. The zero-order valence-electron chi connectivity index (χ0n) is 13.2. The maximum Gasteiger partial charge on any atom is 0.268 e. The molecule has 1 atom stereocenters. The predicted octanol–water partition coefficient (Wildman–Crippen LogP) is 2.57. The number of fused-ring (bicyclic) bond motifs is 1. The summed E-state index contributed by atoms with van der Waals surface area (Å²) in [6.45, 7) is 1.03. The largest absolute Gasteiger partial charge is 0.314 e. The molecule has 3 aromatic rings. The van der Waals surface area contributed by atoms with Crippen LogP contribution in [0.15, 0.2) is 59.8 Å². The van der Waals surface area contributed by atoms with E-state index in [2.05, 4.69) is 10.3 Å². The van der Waals surface area contributed by atoms with Gasteiger partial charge in [0.2, 0.25) is 0 Å². The Morgan fingerprint density at radius 3 is 2.75 bits per heavy atom. The lowest BCUT2D eigenvalue weighted by atomic mass is 10.1. The number of rotatable bonds is 4. The van der Waals surface area contributed by atoms with Crippen molar-refractivity contribution in [3.05, 3.63) is 60.4 Å². The number of benzene rings is 1. The van der Waals surface area contributed by atoms with Crippen molar-refractivity contribution < 1.29 is 8.42 Å². The van der Waals surface area contributed by atoms with Gasteiger partial charge in [-0.3, -0.25) is 4.98 Å². The Kier molecular flexibility index (Phi) is 3.86. The van der Waals surface area contributed by atoms with Gasteiger partial charge in [-0.1, -0.05) is 18.2 Å². The van der Waals surface area contributed by atoms with E-state index in [-0.39, 0.29) is 4.90 Å². The highest BCUT2D eigenvalue weighted by Crippen LogP contribution is 2.26. The van der Waals surface area contributed by atoms with E-state index in [1.807, 2.05) is 12.1 Å². The molecular formula is C18H19N3O2S. The molecule has 1 saturated heterocycles. The van der Waals surface area contributed by atoms with Crippen LogP contribution in [0.5, 0.6) is 0 Å². The van der Waals surface area contributed by atoms with Crippen LogP contribution in [0, 0.1) is 0 Å². The Labute approximate surface area is 141 Å². The molecule has 0 saturated carbocycles. The number of nitrogens with zero attached hydrogens (tertiary/aromatic N) is 2. The molecule has 0 aliphatic carbocycles. The monoisotopic (exact) mass is 341 g/mol. The van der Waals surface area contributed by atoms with Crippen molar-refractivity contribution in [1.29, 1.82) is 0 Å². The molecule has 5 nitrogen and oxygen atoms in total. The average molecular weight is 341 g/mol. The Hall–Kier alpha value is -2.18. The van der Waals surface area contributed by atoms with Crippen molar-refractivity contribution in [1.82, 2.24) is 14.3 Å². The highest BCUT2D eigenvalue weighted by Gasteiger charge is 2.23. The van der Waals surface area contributed by atoms with Crippen molar-refractivity contribution in [3.8, 4) is 0 Å². The fraction of sp³-hybridized carbons (Fsp3) is 0.278. The molecule has 124 valence electrons. The van der Waals surface area contributed by atoms with Gasteiger partial charge in [0.05, 0.1) is 15.9 Å². The lowest BCUT2D eigenvalue weighted by Crippen LogP contribution is -2.23. The van der Waals surface area contributed by atoms with Gasteiger partial charge in [-0.15, -0.1) is 0 Å². The van der Waals surface area contributed by atoms with Crippen LogP contribution in [0.1, 0.15) is 18.4 Å². The van der Waals surface area contributed by atoms with Gasteiger partial charge >= 0.3 is 0 Å². The van der Waals surface area contributed by atoms with Gasteiger partial charge in [-0.2, -0.15) is 0 Å². The van der Waals surface area contributed by atoms with Gasteiger partial charge in [-0.05, 0) is 55.6 Å². The summed E-state index contributed by atoms with van der Waals surface area (Å²) in [5.74, 6) is 0. The van der Waals surface area contributed by atoms with Crippen molar-refractivity contribution >= 4 is 21.1 Å². The molecule has 1 aliphatic heterocycles. The van der Waals surface area contributed by atoms with Gasteiger partial charge in [0.15, 0.2) is 0 Å². The lowest BCUT2D eigenvalue weighted by molar-refractivity contribution is 0.587. The van der Waals surface area contributed by atoms with Gasteiger partial charge in [-0.25, -0.2) is 12.4 Å². The van der Waals surface area contributed by atoms with E-state index >= 15 is 0 Å². The first kappa shape index (κ1) is 15.4. The molecule has 1 fully saturated rings. The second kappa shape index (κ2) is 6.03. The van der Waals surface area contributed by atoms with E-state index in [4.69, 9.17) is 0 Å². The Bertz CT molecular complexity index is 958. The highest BCUT2D eigenvalue weighted by molar-refractivity contribution is 7.90. The summed E-state index contributed by atoms with van der Waals surface area (Å²) < 4.78 is 27.4. The molecule has 24 heavy (non-hydrogen) atoms. The van der Waals surface area contributed by atoms with E-state index in [1.165, 1.54) is 10.4 Å². The van der Waals surface area contributed by atoms with Gasteiger partial charge < -0.3 is 5.32 Å². The summed E-state index contributed by atoms with van der Waals surface area (Å²) in [5, 5.41) is 3.46. The summed E-state index contributed by atoms with van der Waals surface area (Å²) in [6.07, 6.45) is 6.53. The Balaban J connectivity index is 1.84. The van der Waals surface area contributed by atoms with Crippen LogP contribution in [-0.2, 0) is 16.4 Å². The SMILES string of the molecule is O=S(=O)(c1ccccc1)n1cc(C[C@H]2CCCN2)c2ncccc21. The molecule has 1 aliphatic rings. The summed E-state index contributed by atoms with van der Waals surface area (Å²) in [5.41, 5.74) is 2.38. The predicted molar refractivity (Wildman–Crippen MR) is 93.5 cm³/mol. The van der Waals surface area contributed by atoms with Gasteiger partial charge in [0, 0.05) is 18.4 Å². The fourth-order valence-corrected chi connectivity index (χ4v) is 4.75. The van der Waals surface area contributed by atoms with E-state index in [0.29, 0.717) is 11.6 Å². The van der Waals surface area contributed by atoms with Crippen molar-refractivity contribution in [2.24, 2.45) is 0 Å². The molecular weight excluding hydrogens is 322 g/mol. The third kappa shape index (κ3) is 2.61. The molecule has 3 heterocycles. The van der Waals surface area contributed by atoms with Crippen LogP contribution >= 0.6 is 0 Å². The number of pyridine rings is 1. The molecule has 2 aromatic heterocycles. The normalized spacial score (nSPS) is 18.2. The van der Waals surface area contributed by atoms with Crippen LogP contribution in [0.25, 0.3) is 11.0 Å². The van der Waals surface area contributed by atoms with Crippen molar-refractivity contribution in [2.75, 3.05) is 6.54 Å². The quantitative estimate of drug-likeness (QED) is 0.792. The fourth-order valence-electron chi connectivity index (χ4n) is 3.34. The number of hydrogen-bond donors (Lipinski definition) is 1. The molecule has 0 bridgehead atoms. The van der Waals surface area contributed by atoms with Crippen molar-refractivity contribution in [3.63, 3.8) is 0 Å².